The fraction of sp³-hybridized carbons (Fsp3) is 0.846. The van der Waals surface area contributed by atoms with Crippen LogP contribution in [0.3, 0.4) is 0 Å². The van der Waals surface area contributed by atoms with Crippen molar-refractivity contribution < 1.29 is 4.52 Å². The Kier molecular flexibility index (Phi) is 4.02. The average molecular weight is 252 g/mol. The van der Waals surface area contributed by atoms with Crippen LogP contribution in [0.15, 0.2) is 4.52 Å². The molecular formula is C13H24N4O. The summed E-state index contributed by atoms with van der Waals surface area (Å²) in [5.74, 6) is 2.08. The van der Waals surface area contributed by atoms with Crippen molar-refractivity contribution in [3.63, 3.8) is 0 Å². The minimum Gasteiger partial charge on any atom is -0.338 e. The van der Waals surface area contributed by atoms with Gasteiger partial charge < -0.3 is 10.3 Å². The summed E-state index contributed by atoms with van der Waals surface area (Å²) in [5.41, 5.74) is 5.42. The Morgan fingerprint density at radius 1 is 1.50 bits per heavy atom. The molecule has 0 saturated carbocycles. The Morgan fingerprint density at radius 3 is 2.89 bits per heavy atom. The second-order valence-corrected chi connectivity index (χ2v) is 5.89. The van der Waals surface area contributed by atoms with Gasteiger partial charge in [0.2, 0.25) is 5.89 Å². The fourth-order valence-electron chi connectivity index (χ4n) is 2.40. The molecule has 0 aromatic carbocycles. The molecule has 1 aliphatic rings. The topological polar surface area (TPSA) is 68.2 Å². The molecule has 1 saturated heterocycles. The van der Waals surface area contributed by atoms with Gasteiger partial charge in [0.15, 0.2) is 5.82 Å². The highest BCUT2D eigenvalue weighted by molar-refractivity contribution is 4.99. The summed E-state index contributed by atoms with van der Waals surface area (Å²) in [7, 11) is 0. The van der Waals surface area contributed by atoms with Gasteiger partial charge in [-0.1, -0.05) is 18.5 Å². The van der Waals surface area contributed by atoms with Crippen molar-refractivity contribution in [3.8, 4) is 0 Å². The first-order valence-corrected chi connectivity index (χ1v) is 6.83. The van der Waals surface area contributed by atoms with Gasteiger partial charge in [-0.15, -0.1) is 0 Å². The van der Waals surface area contributed by atoms with Gasteiger partial charge in [-0.05, 0) is 39.2 Å². The van der Waals surface area contributed by atoms with E-state index in [2.05, 4.69) is 22.0 Å². The lowest BCUT2D eigenvalue weighted by atomic mass is 9.96. The zero-order chi connectivity index (χ0) is 13.2. The highest BCUT2D eigenvalue weighted by Gasteiger charge is 2.24. The number of piperidine rings is 1. The molecule has 5 heteroatoms. The minimum atomic E-state index is -0.532. The summed E-state index contributed by atoms with van der Waals surface area (Å²) in [5, 5.41) is 3.95. The van der Waals surface area contributed by atoms with E-state index in [9.17, 15) is 0 Å². The first-order valence-electron chi connectivity index (χ1n) is 6.83. The predicted molar refractivity (Wildman–Crippen MR) is 69.8 cm³/mol. The van der Waals surface area contributed by atoms with Gasteiger partial charge in [-0.2, -0.15) is 4.98 Å². The van der Waals surface area contributed by atoms with Crippen molar-refractivity contribution in [2.24, 2.45) is 11.7 Å². The maximum atomic E-state index is 5.95. The zero-order valence-corrected chi connectivity index (χ0v) is 11.6. The molecule has 2 N–H and O–H groups in total. The molecule has 1 aromatic heterocycles. The number of likely N-dealkylation sites (tertiary alicyclic amines) is 1. The van der Waals surface area contributed by atoms with E-state index in [0.29, 0.717) is 11.7 Å². The highest BCUT2D eigenvalue weighted by Crippen LogP contribution is 2.21. The van der Waals surface area contributed by atoms with E-state index in [4.69, 9.17) is 10.3 Å². The smallest absolute Gasteiger partial charge is 0.240 e. The molecule has 0 bridgehead atoms. The third kappa shape index (κ3) is 3.29. The highest BCUT2D eigenvalue weighted by atomic mass is 16.5. The van der Waals surface area contributed by atoms with E-state index in [1.807, 2.05) is 13.8 Å². The van der Waals surface area contributed by atoms with Crippen molar-refractivity contribution in [1.29, 1.82) is 0 Å². The Balaban J connectivity index is 1.95. The van der Waals surface area contributed by atoms with Crippen LogP contribution in [0.2, 0.25) is 0 Å². The third-order valence-corrected chi connectivity index (χ3v) is 3.58. The lowest BCUT2D eigenvalue weighted by molar-refractivity contribution is 0.147. The molecular weight excluding hydrogens is 228 g/mol. The molecule has 1 aliphatic heterocycles. The first kappa shape index (κ1) is 13.5. The number of rotatable bonds is 4. The molecule has 2 heterocycles. The summed E-state index contributed by atoms with van der Waals surface area (Å²) >= 11 is 0. The Morgan fingerprint density at radius 2 is 2.28 bits per heavy atom. The van der Waals surface area contributed by atoms with Gasteiger partial charge in [0.05, 0.1) is 12.1 Å². The van der Waals surface area contributed by atoms with Gasteiger partial charge in [-0.3, -0.25) is 4.90 Å². The second kappa shape index (κ2) is 5.36. The molecule has 1 unspecified atom stereocenters. The van der Waals surface area contributed by atoms with E-state index >= 15 is 0 Å². The van der Waals surface area contributed by atoms with Gasteiger partial charge in [-0.25, -0.2) is 0 Å². The lowest BCUT2D eigenvalue weighted by Gasteiger charge is -2.30. The number of hydrogen-bond donors (Lipinski definition) is 1. The van der Waals surface area contributed by atoms with Crippen molar-refractivity contribution in [2.75, 3.05) is 13.1 Å². The largest absolute Gasteiger partial charge is 0.338 e. The molecule has 0 aliphatic carbocycles. The molecule has 0 spiro atoms. The number of nitrogens with two attached hydrogens (primary N) is 1. The number of hydrogen-bond acceptors (Lipinski definition) is 5. The van der Waals surface area contributed by atoms with Crippen LogP contribution in [0, 0.1) is 5.92 Å². The van der Waals surface area contributed by atoms with Crippen LogP contribution in [0.25, 0.3) is 0 Å². The number of aromatic nitrogens is 2. The first-order chi connectivity index (χ1) is 8.49. The fourth-order valence-corrected chi connectivity index (χ4v) is 2.40. The third-order valence-electron chi connectivity index (χ3n) is 3.58. The maximum absolute atomic E-state index is 5.95. The van der Waals surface area contributed by atoms with Crippen LogP contribution in [-0.4, -0.2) is 28.1 Å². The maximum Gasteiger partial charge on any atom is 0.240 e. The molecule has 0 radical (unpaired) electrons. The van der Waals surface area contributed by atoms with Crippen LogP contribution in [0.4, 0.5) is 0 Å². The SMILES string of the molecule is CCC1CCCN(Cc2nc(C(C)(C)N)no2)C1. The summed E-state index contributed by atoms with van der Waals surface area (Å²) < 4.78 is 5.28. The Hall–Kier alpha value is -0.940. The van der Waals surface area contributed by atoms with E-state index in [1.165, 1.54) is 19.3 Å². The minimum absolute atomic E-state index is 0.532. The predicted octanol–water partition coefficient (Wildman–Crippen LogP) is 1.89. The average Bonchev–Trinajstić information content (AvgIpc) is 2.77. The Labute approximate surface area is 109 Å². The summed E-state index contributed by atoms with van der Waals surface area (Å²) in [6.07, 6.45) is 3.86. The van der Waals surface area contributed by atoms with Gasteiger partial charge >= 0.3 is 0 Å². The quantitative estimate of drug-likeness (QED) is 0.886. The monoisotopic (exact) mass is 252 g/mol. The summed E-state index contributed by atoms with van der Waals surface area (Å²) in [6.45, 7) is 9.04. The molecule has 1 fully saturated rings. The second-order valence-electron chi connectivity index (χ2n) is 5.89. The summed E-state index contributed by atoms with van der Waals surface area (Å²) in [4.78, 5) is 6.78. The molecule has 0 amide bonds. The van der Waals surface area contributed by atoms with E-state index in [0.717, 1.165) is 25.6 Å². The standard InChI is InChI=1S/C13H24N4O/c1-4-10-6-5-7-17(8-10)9-11-15-12(16-18-11)13(2,3)14/h10H,4-9,14H2,1-3H3. The van der Waals surface area contributed by atoms with Crippen molar-refractivity contribution in [2.45, 2.75) is 52.1 Å². The molecule has 102 valence electrons. The van der Waals surface area contributed by atoms with E-state index in [1.54, 1.807) is 0 Å². The van der Waals surface area contributed by atoms with Crippen LogP contribution < -0.4 is 5.73 Å². The van der Waals surface area contributed by atoms with Gasteiger partial charge in [0.1, 0.15) is 0 Å². The molecule has 5 nitrogen and oxygen atoms in total. The van der Waals surface area contributed by atoms with Crippen molar-refractivity contribution >= 4 is 0 Å². The van der Waals surface area contributed by atoms with Crippen LogP contribution in [-0.2, 0) is 12.1 Å². The van der Waals surface area contributed by atoms with Crippen LogP contribution in [0.1, 0.15) is 51.7 Å². The van der Waals surface area contributed by atoms with Crippen molar-refractivity contribution in [3.05, 3.63) is 11.7 Å². The van der Waals surface area contributed by atoms with Crippen molar-refractivity contribution in [1.82, 2.24) is 15.0 Å². The van der Waals surface area contributed by atoms with Crippen LogP contribution in [0.5, 0.6) is 0 Å². The molecule has 1 aromatic rings. The van der Waals surface area contributed by atoms with E-state index in [-0.39, 0.29) is 0 Å². The van der Waals surface area contributed by atoms with Gasteiger partial charge in [0.25, 0.3) is 0 Å². The normalized spacial score (nSPS) is 22.3. The number of nitrogens with zero attached hydrogens (tertiary/aromatic N) is 3. The van der Waals surface area contributed by atoms with Crippen LogP contribution >= 0.6 is 0 Å². The molecule has 18 heavy (non-hydrogen) atoms. The molecule has 1 atom stereocenters. The molecule has 2 rings (SSSR count). The Bertz CT molecular complexity index is 383. The zero-order valence-electron chi connectivity index (χ0n) is 11.6. The summed E-state index contributed by atoms with van der Waals surface area (Å²) in [6, 6.07) is 0. The lowest BCUT2D eigenvalue weighted by Crippen LogP contribution is -2.35. The van der Waals surface area contributed by atoms with Gasteiger partial charge in [0, 0.05) is 6.54 Å². The van der Waals surface area contributed by atoms with E-state index < -0.39 is 5.54 Å².